The van der Waals surface area contributed by atoms with Crippen LogP contribution in [-0.4, -0.2) is 64.0 Å². The van der Waals surface area contributed by atoms with Gasteiger partial charge in [-0.15, -0.1) is 0 Å². The van der Waals surface area contributed by atoms with Crippen molar-refractivity contribution >= 4 is 57.6 Å². The first-order valence-electron chi connectivity index (χ1n) is 9.05. The predicted octanol–water partition coefficient (Wildman–Crippen LogP) is 3.04. The van der Waals surface area contributed by atoms with Crippen LogP contribution in [-0.2, 0) is 4.79 Å². The molecule has 2 aliphatic heterocycles. The van der Waals surface area contributed by atoms with Gasteiger partial charge in [0.05, 0.1) is 22.1 Å². The first-order valence-corrected chi connectivity index (χ1v) is 11.0. The number of halogens is 2. The third-order valence-corrected chi connectivity index (χ3v) is 6.91. The molecule has 2 atom stereocenters. The molecular weight excluding hydrogens is 405 g/mol. The summed E-state index contributed by atoms with van der Waals surface area (Å²) in [6.45, 7) is 1.76. The van der Waals surface area contributed by atoms with E-state index in [4.69, 9.17) is 23.2 Å². The summed E-state index contributed by atoms with van der Waals surface area (Å²) in [5.41, 5.74) is 0.689. The third kappa shape index (κ3) is 4.42. The summed E-state index contributed by atoms with van der Waals surface area (Å²) < 4.78 is 0. The van der Waals surface area contributed by atoms with Crippen LogP contribution in [0.1, 0.15) is 12.8 Å². The van der Waals surface area contributed by atoms with E-state index in [0.717, 1.165) is 24.9 Å². The van der Waals surface area contributed by atoms with E-state index in [2.05, 4.69) is 20.6 Å². The highest BCUT2D eigenvalue weighted by molar-refractivity contribution is 7.99. The average molecular weight is 426 g/mol. The number of aromatic nitrogens is 2. The van der Waals surface area contributed by atoms with Crippen molar-refractivity contribution < 1.29 is 4.79 Å². The van der Waals surface area contributed by atoms with Gasteiger partial charge in [-0.25, -0.2) is 9.97 Å². The molecule has 0 bridgehead atoms. The van der Waals surface area contributed by atoms with Gasteiger partial charge < -0.3 is 15.5 Å². The molecule has 27 heavy (non-hydrogen) atoms. The molecule has 2 saturated heterocycles. The topological polar surface area (TPSA) is 70.2 Å². The maximum Gasteiger partial charge on any atom is 0.241 e. The minimum atomic E-state index is 0.0759. The van der Waals surface area contributed by atoms with Gasteiger partial charge in [0.25, 0.3) is 0 Å². The molecule has 1 aromatic carbocycles. The molecule has 0 radical (unpaired) electrons. The van der Waals surface area contributed by atoms with Crippen molar-refractivity contribution in [2.75, 3.05) is 36.5 Å². The zero-order valence-electron chi connectivity index (χ0n) is 14.8. The fourth-order valence-electron chi connectivity index (χ4n) is 3.59. The van der Waals surface area contributed by atoms with Gasteiger partial charge in [0.2, 0.25) is 5.91 Å². The fourth-order valence-corrected chi connectivity index (χ4v) is 5.07. The number of carbonyl (C=O) groups excluding carboxylic acids is 1. The highest BCUT2D eigenvalue weighted by atomic mass is 35.5. The fraction of sp³-hybridized carbons (Fsp3) is 0.500. The lowest BCUT2D eigenvalue weighted by molar-refractivity contribution is -0.128. The van der Waals surface area contributed by atoms with Gasteiger partial charge in [0.1, 0.15) is 12.1 Å². The molecular formula is C18H21Cl2N5OS. The Morgan fingerprint density at radius 3 is 2.89 bits per heavy atom. The zero-order chi connectivity index (χ0) is 18.8. The van der Waals surface area contributed by atoms with Crippen LogP contribution in [0.2, 0.25) is 10.0 Å². The highest BCUT2D eigenvalue weighted by Crippen LogP contribution is 2.29. The Morgan fingerprint density at radius 1 is 1.22 bits per heavy atom. The number of likely N-dealkylation sites (tertiary alicyclic amines) is 1. The minimum absolute atomic E-state index is 0.0759. The molecule has 3 heterocycles. The zero-order valence-corrected chi connectivity index (χ0v) is 17.1. The number of nitrogens with one attached hydrogen (secondary N) is 2. The molecule has 144 valence electrons. The lowest BCUT2D eigenvalue weighted by atomic mass is 10.2. The number of anilines is 1. The third-order valence-electron chi connectivity index (χ3n) is 5.03. The van der Waals surface area contributed by atoms with Gasteiger partial charge in [0, 0.05) is 36.3 Å². The molecule has 2 aliphatic rings. The Hall–Kier alpha value is -1.28. The van der Waals surface area contributed by atoms with Crippen LogP contribution in [0.5, 0.6) is 0 Å². The molecule has 0 aliphatic carbocycles. The predicted molar refractivity (Wildman–Crippen MR) is 112 cm³/mol. The maximum atomic E-state index is 12.6. The Balaban J connectivity index is 1.35. The Morgan fingerprint density at radius 2 is 2.07 bits per heavy atom. The Kier molecular flexibility index (Phi) is 5.92. The molecule has 2 N–H and O–H groups in total. The van der Waals surface area contributed by atoms with Crippen molar-refractivity contribution in [1.29, 1.82) is 0 Å². The standard InChI is InChI=1S/C18H21Cl2N5OS/c19-14-5-13-16(6-15(14)20)22-10-23-18(13)21-7-17(26)25-3-1-11(8-25)24-12-2-4-27-9-12/h5-6,10-12,24H,1-4,7-9H2,(H,21,22,23)/t11-,12?/m1/s1. The smallest absolute Gasteiger partial charge is 0.241 e. The van der Waals surface area contributed by atoms with Crippen LogP contribution in [0.15, 0.2) is 18.5 Å². The number of hydrogen-bond donors (Lipinski definition) is 2. The van der Waals surface area contributed by atoms with Crippen molar-refractivity contribution in [3.8, 4) is 0 Å². The Labute approximate surface area is 172 Å². The van der Waals surface area contributed by atoms with Crippen molar-refractivity contribution in [1.82, 2.24) is 20.2 Å². The van der Waals surface area contributed by atoms with Gasteiger partial charge >= 0.3 is 0 Å². The van der Waals surface area contributed by atoms with Crippen molar-refractivity contribution in [2.24, 2.45) is 0 Å². The van der Waals surface area contributed by atoms with E-state index >= 15 is 0 Å². The summed E-state index contributed by atoms with van der Waals surface area (Å²) in [4.78, 5) is 23.0. The summed E-state index contributed by atoms with van der Waals surface area (Å²) in [6.07, 6.45) is 3.69. The summed E-state index contributed by atoms with van der Waals surface area (Å²) in [7, 11) is 0. The second kappa shape index (κ2) is 8.39. The number of nitrogens with zero attached hydrogens (tertiary/aromatic N) is 3. The Bertz CT molecular complexity index is 846. The van der Waals surface area contributed by atoms with Crippen LogP contribution in [0.4, 0.5) is 5.82 Å². The molecule has 1 unspecified atom stereocenters. The van der Waals surface area contributed by atoms with E-state index < -0.39 is 0 Å². The van der Waals surface area contributed by atoms with Gasteiger partial charge in [-0.05, 0) is 30.7 Å². The number of rotatable bonds is 5. The molecule has 0 saturated carbocycles. The number of thioether (sulfide) groups is 1. The maximum absolute atomic E-state index is 12.6. The van der Waals surface area contributed by atoms with E-state index in [0.29, 0.717) is 33.5 Å². The molecule has 9 heteroatoms. The monoisotopic (exact) mass is 425 g/mol. The van der Waals surface area contributed by atoms with E-state index in [1.54, 1.807) is 12.1 Å². The van der Waals surface area contributed by atoms with Crippen LogP contribution < -0.4 is 10.6 Å². The number of fused-ring (bicyclic) bond motifs is 1. The van der Waals surface area contributed by atoms with Crippen molar-refractivity contribution in [2.45, 2.75) is 24.9 Å². The van der Waals surface area contributed by atoms with Crippen LogP contribution in [0.25, 0.3) is 10.9 Å². The number of hydrogen-bond acceptors (Lipinski definition) is 6. The second-order valence-corrected chi connectivity index (χ2v) is 8.88. The molecule has 2 fully saturated rings. The largest absolute Gasteiger partial charge is 0.360 e. The van der Waals surface area contributed by atoms with Gasteiger partial charge in [-0.3, -0.25) is 4.79 Å². The number of carbonyl (C=O) groups is 1. The van der Waals surface area contributed by atoms with Gasteiger partial charge in [-0.1, -0.05) is 23.2 Å². The molecule has 2 aromatic rings. The average Bonchev–Trinajstić information content (AvgIpc) is 3.33. The number of benzene rings is 1. The lowest BCUT2D eigenvalue weighted by Crippen LogP contribution is -2.41. The molecule has 0 spiro atoms. The minimum Gasteiger partial charge on any atom is -0.360 e. The summed E-state index contributed by atoms with van der Waals surface area (Å²) in [5, 5.41) is 8.45. The molecule has 4 rings (SSSR count). The highest BCUT2D eigenvalue weighted by Gasteiger charge is 2.28. The van der Waals surface area contributed by atoms with E-state index in [1.165, 1.54) is 24.3 Å². The lowest BCUT2D eigenvalue weighted by Gasteiger charge is -2.20. The van der Waals surface area contributed by atoms with Crippen LogP contribution in [0.3, 0.4) is 0 Å². The van der Waals surface area contributed by atoms with E-state index in [9.17, 15) is 4.79 Å². The number of amides is 1. The normalized spacial score (nSPS) is 22.5. The SMILES string of the molecule is O=C(CNc1ncnc2cc(Cl)c(Cl)cc12)N1CC[C@@H](NC2CCSC2)C1. The van der Waals surface area contributed by atoms with Crippen LogP contribution >= 0.6 is 35.0 Å². The second-order valence-electron chi connectivity index (χ2n) is 6.91. The van der Waals surface area contributed by atoms with Gasteiger partial charge in [0.15, 0.2) is 0 Å². The van der Waals surface area contributed by atoms with Crippen molar-refractivity contribution in [3.05, 3.63) is 28.5 Å². The van der Waals surface area contributed by atoms with Crippen LogP contribution in [0, 0.1) is 0 Å². The summed E-state index contributed by atoms with van der Waals surface area (Å²) in [5.74, 6) is 3.08. The van der Waals surface area contributed by atoms with Gasteiger partial charge in [-0.2, -0.15) is 11.8 Å². The molecule has 6 nitrogen and oxygen atoms in total. The first-order chi connectivity index (χ1) is 13.1. The van der Waals surface area contributed by atoms with Crippen molar-refractivity contribution in [3.63, 3.8) is 0 Å². The summed E-state index contributed by atoms with van der Waals surface area (Å²) >= 11 is 14.2. The molecule has 1 aromatic heterocycles. The summed E-state index contributed by atoms with van der Waals surface area (Å²) in [6, 6.07) is 4.42. The quantitative estimate of drug-likeness (QED) is 0.766. The molecule has 1 amide bonds. The first kappa shape index (κ1) is 19.1. The van der Waals surface area contributed by atoms with E-state index in [1.807, 2.05) is 16.7 Å². The van der Waals surface area contributed by atoms with E-state index in [-0.39, 0.29) is 12.5 Å².